The minimum atomic E-state index is -0.0564. The van der Waals surface area contributed by atoms with E-state index in [1.807, 2.05) is 30.3 Å². The molecular weight excluding hydrogens is 190 g/mol. The van der Waals surface area contributed by atoms with Crippen molar-refractivity contribution >= 4 is 10.9 Å². The minimum Gasteiger partial charge on any atom is -0.465 e. The van der Waals surface area contributed by atoms with Crippen LogP contribution in [0.3, 0.4) is 0 Å². The Balaban J connectivity index is 1.91. The van der Waals surface area contributed by atoms with Crippen molar-refractivity contribution in [2.45, 2.75) is 12.7 Å². The second-order valence-electron chi connectivity index (χ2n) is 3.56. The molecule has 0 amide bonds. The van der Waals surface area contributed by atoms with Crippen LogP contribution in [0, 0.1) is 0 Å². The summed E-state index contributed by atoms with van der Waals surface area (Å²) in [5.41, 5.74) is 0.986. The summed E-state index contributed by atoms with van der Waals surface area (Å²) in [4.78, 5) is 4.25. The van der Waals surface area contributed by atoms with Gasteiger partial charge in [0.15, 0.2) is 0 Å². The molecule has 15 heavy (non-hydrogen) atoms. The van der Waals surface area contributed by atoms with Crippen LogP contribution in [-0.4, -0.2) is 17.9 Å². The van der Waals surface area contributed by atoms with Gasteiger partial charge in [0.05, 0.1) is 12.1 Å². The normalized spacial score (nSPS) is 19.9. The molecule has 1 saturated heterocycles. The van der Waals surface area contributed by atoms with Gasteiger partial charge in [0.1, 0.15) is 5.75 Å². The van der Waals surface area contributed by atoms with Crippen LogP contribution >= 0.6 is 0 Å². The summed E-state index contributed by atoms with van der Waals surface area (Å²) < 4.78 is 10.8. The second kappa shape index (κ2) is 3.51. The Morgan fingerprint density at radius 3 is 3.07 bits per heavy atom. The lowest BCUT2D eigenvalue weighted by Crippen LogP contribution is -2.32. The van der Waals surface area contributed by atoms with Gasteiger partial charge in [-0.25, -0.2) is 0 Å². The molecule has 76 valence electrons. The van der Waals surface area contributed by atoms with Crippen LogP contribution in [0.4, 0.5) is 0 Å². The highest BCUT2D eigenvalue weighted by atomic mass is 16.7. The van der Waals surface area contributed by atoms with Gasteiger partial charge in [-0.1, -0.05) is 6.07 Å². The lowest BCUT2D eigenvalue weighted by molar-refractivity contribution is -0.165. The zero-order valence-corrected chi connectivity index (χ0v) is 8.22. The Morgan fingerprint density at radius 2 is 2.27 bits per heavy atom. The topological polar surface area (TPSA) is 31.4 Å². The van der Waals surface area contributed by atoms with Crippen molar-refractivity contribution in [3.8, 4) is 5.75 Å². The van der Waals surface area contributed by atoms with E-state index >= 15 is 0 Å². The molecule has 3 rings (SSSR count). The molecular formula is C12H11NO2. The molecule has 2 heterocycles. The van der Waals surface area contributed by atoms with E-state index in [0.717, 1.165) is 29.7 Å². The molecule has 0 aliphatic carbocycles. The highest BCUT2D eigenvalue weighted by Gasteiger charge is 2.19. The van der Waals surface area contributed by atoms with Crippen LogP contribution in [0.2, 0.25) is 0 Å². The summed E-state index contributed by atoms with van der Waals surface area (Å²) in [6.45, 7) is 0.805. The Kier molecular flexibility index (Phi) is 2.03. The highest BCUT2D eigenvalue weighted by Crippen LogP contribution is 2.22. The van der Waals surface area contributed by atoms with Gasteiger partial charge in [0.25, 0.3) is 0 Å². The van der Waals surface area contributed by atoms with Crippen molar-refractivity contribution in [3.63, 3.8) is 0 Å². The molecule has 2 aromatic rings. The summed E-state index contributed by atoms with van der Waals surface area (Å²) in [5, 5.41) is 1.09. The Morgan fingerprint density at radius 1 is 1.33 bits per heavy atom. The SMILES string of the molecule is c1cnc2ccc(OC3CCO3)cc2c1. The first-order valence-electron chi connectivity index (χ1n) is 5.05. The first-order valence-corrected chi connectivity index (χ1v) is 5.05. The van der Waals surface area contributed by atoms with Crippen molar-refractivity contribution in [2.75, 3.05) is 6.61 Å². The van der Waals surface area contributed by atoms with Crippen molar-refractivity contribution in [3.05, 3.63) is 36.5 Å². The van der Waals surface area contributed by atoms with Crippen LogP contribution in [0.1, 0.15) is 6.42 Å². The van der Waals surface area contributed by atoms with Crippen LogP contribution < -0.4 is 4.74 Å². The molecule has 1 aromatic carbocycles. The van der Waals surface area contributed by atoms with Gasteiger partial charge in [0, 0.05) is 18.0 Å². The average molecular weight is 201 g/mol. The number of rotatable bonds is 2. The third kappa shape index (κ3) is 1.66. The van der Waals surface area contributed by atoms with Gasteiger partial charge >= 0.3 is 0 Å². The first-order chi connectivity index (χ1) is 7.42. The lowest BCUT2D eigenvalue weighted by atomic mass is 10.2. The monoisotopic (exact) mass is 201 g/mol. The smallest absolute Gasteiger partial charge is 0.202 e. The molecule has 0 bridgehead atoms. The molecule has 1 unspecified atom stereocenters. The van der Waals surface area contributed by atoms with Gasteiger partial charge in [0.2, 0.25) is 6.29 Å². The molecule has 1 aliphatic rings. The molecule has 1 atom stereocenters. The van der Waals surface area contributed by atoms with E-state index in [0.29, 0.717) is 0 Å². The Labute approximate surface area is 87.6 Å². The Bertz CT molecular complexity index is 480. The van der Waals surface area contributed by atoms with Crippen LogP contribution in [-0.2, 0) is 4.74 Å². The number of ether oxygens (including phenoxy) is 2. The second-order valence-corrected chi connectivity index (χ2v) is 3.56. The third-order valence-electron chi connectivity index (χ3n) is 2.50. The number of nitrogens with zero attached hydrogens (tertiary/aromatic N) is 1. The number of benzene rings is 1. The Hall–Kier alpha value is -1.61. The van der Waals surface area contributed by atoms with Gasteiger partial charge in [-0.05, 0) is 24.3 Å². The first kappa shape index (κ1) is 8.68. The van der Waals surface area contributed by atoms with Gasteiger partial charge in [-0.3, -0.25) is 4.98 Å². The maximum Gasteiger partial charge on any atom is 0.202 e. The maximum absolute atomic E-state index is 5.61. The quantitative estimate of drug-likeness (QED) is 0.747. The number of pyridine rings is 1. The van der Waals surface area contributed by atoms with E-state index in [9.17, 15) is 0 Å². The molecule has 0 saturated carbocycles. The average Bonchev–Trinajstić information content (AvgIpc) is 2.23. The van der Waals surface area contributed by atoms with E-state index in [1.54, 1.807) is 6.20 Å². The molecule has 1 fully saturated rings. The van der Waals surface area contributed by atoms with Crippen molar-refractivity contribution in [1.82, 2.24) is 4.98 Å². The molecule has 0 N–H and O–H groups in total. The fourth-order valence-electron chi connectivity index (χ4n) is 1.59. The number of aromatic nitrogens is 1. The van der Waals surface area contributed by atoms with Gasteiger partial charge < -0.3 is 9.47 Å². The predicted molar refractivity (Wildman–Crippen MR) is 56.7 cm³/mol. The molecule has 1 aromatic heterocycles. The molecule has 0 radical (unpaired) electrons. The molecule has 1 aliphatic heterocycles. The summed E-state index contributed by atoms with van der Waals surface area (Å²) in [6, 6.07) is 9.83. The zero-order valence-electron chi connectivity index (χ0n) is 8.22. The molecule has 3 heteroatoms. The minimum absolute atomic E-state index is 0.0564. The van der Waals surface area contributed by atoms with Crippen molar-refractivity contribution < 1.29 is 9.47 Å². The fourth-order valence-corrected chi connectivity index (χ4v) is 1.59. The lowest BCUT2D eigenvalue weighted by Gasteiger charge is -2.26. The summed E-state index contributed by atoms with van der Waals surface area (Å²) >= 11 is 0. The summed E-state index contributed by atoms with van der Waals surface area (Å²) in [5.74, 6) is 0.847. The van der Waals surface area contributed by atoms with Crippen molar-refractivity contribution in [2.24, 2.45) is 0 Å². The van der Waals surface area contributed by atoms with E-state index < -0.39 is 0 Å². The number of fused-ring (bicyclic) bond motifs is 1. The zero-order chi connectivity index (χ0) is 10.1. The predicted octanol–water partition coefficient (Wildman–Crippen LogP) is 2.36. The van der Waals surface area contributed by atoms with Crippen molar-refractivity contribution in [1.29, 1.82) is 0 Å². The van der Waals surface area contributed by atoms with Gasteiger partial charge in [-0.2, -0.15) is 0 Å². The number of hydrogen-bond donors (Lipinski definition) is 0. The summed E-state index contributed by atoms with van der Waals surface area (Å²) in [7, 11) is 0. The van der Waals surface area contributed by atoms with E-state index in [-0.39, 0.29) is 6.29 Å². The van der Waals surface area contributed by atoms with E-state index in [4.69, 9.17) is 9.47 Å². The molecule has 3 nitrogen and oxygen atoms in total. The third-order valence-corrected chi connectivity index (χ3v) is 2.50. The van der Waals surface area contributed by atoms with Crippen LogP contribution in [0.25, 0.3) is 10.9 Å². The fraction of sp³-hybridized carbons (Fsp3) is 0.250. The van der Waals surface area contributed by atoms with E-state index in [1.165, 1.54) is 0 Å². The standard InChI is InChI=1S/C12H11NO2/c1-2-9-8-10(15-12-5-7-14-12)3-4-11(9)13-6-1/h1-4,6,8,12H,5,7H2. The van der Waals surface area contributed by atoms with Gasteiger partial charge in [-0.15, -0.1) is 0 Å². The van der Waals surface area contributed by atoms with Crippen LogP contribution in [0.5, 0.6) is 5.75 Å². The summed E-state index contributed by atoms with van der Waals surface area (Å²) in [6.07, 6.45) is 2.71. The highest BCUT2D eigenvalue weighted by molar-refractivity contribution is 5.79. The number of hydrogen-bond acceptors (Lipinski definition) is 3. The van der Waals surface area contributed by atoms with E-state index in [2.05, 4.69) is 4.98 Å². The maximum atomic E-state index is 5.61. The van der Waals surface area contributed by atoms with Crippen LogP contribution in [0.15, 0.2) is 36.5 Å². The molecule has 0 spiro atoms. The largest absolute Gasteiger partial charge is 0.465 e.